The fourth-order valence-electron chi connectivity index (χ4n) is 2.88. The van der Waals surface area contributed by atoms with Gasteiger partial charge in [0.15, 0.2) is 0 Å². The molecule has 0 aliphatic carbocycles. The van der Waals surface area contributed by atoms with E-state index in [2.05, 4.69) is 10.4 Å². The Kier molecular flexibility index (Phi) is 7.13. The number of nitro benzene ring substituents is 1. The van der Waals surface area contributed by atoms with Gasteiger partial charge in [-0.1, -0.05) is 0 Å². The van der Waals surface area contributed by atoms with E-state index < -0.39 is 22.8 Å². The van der Waals surface area contributed by atoms with Crippen molar-refractivity contribution < 1.29 is 28.8 Å². The van der Waals surface area contributed by atoms with Gasteiger partial charge in [0, 0.05) is 24.0 Å². The van der Waals surface area contributed by atoms with Crippen LogP contribution in [-0.2, 0) is 9.47 Å². The summed E-state index contributed by atoms with van der Waals surface area (Å²) < 4.78 is 11.4. The average molecular weight is 452 g/mol. The molecule has 170 valence electrons. The van der Waals surface area contributed by atoms with E-state index in [4.69, 9.17) is 9.47 Å². The zero-order valence-corrected chi connectivity index (χ0v) is 17.8. The molecule has 1 amide bonds. The molecule has 3 aromatic rings. The van der Waals surface area contributed by atoms with Gasteiger partial charge in [-0.25, -0.2) is 14.3 Å². The van der Waals surface area contributed by atoms with Crippen LogP contribution in [0.4, 0.5) is 11.4 Å². The molecule has 0 saturated heterocycles. The number of nitrogens with one attached hydrogen (secondary N) is 1. The topological polar surface area (TPSA) is 143 Å². The van der Waals surface area contributed by atoms with Gasteiger partial charge in [0.05, 0.1) is 46.7 Å². The lowest BCUT2D eigenvalue weighted by Crippen LogP contribution is -2.14. The molecule has 11 nitrogen and oxygen atoms in total. The first-order valence-electron chi connectivity index (χ1n) is 9.92. The third-order valence-electron chi connectivity index (χ3n) is 4.38. The number of carbonyl (C=O) groups excluding carboxylic acids is 3. The quantitative estimate of drug-likeness (QED) is 0.311. The van der Waals surface area contributed by atoms with Crippen molar-refractivity contribution in [2.75, 3.05) is 18.5 Å². The van der Waals surface area contributed by atoms with Crippen LogP contribution >= 0.6 is 0 Å². The predicted molar refractivity (Wildman–Crippen MR) is 117 cm³/mol. The van der Waals surface area contributed by atoms with Gasteiger partial charge in [0.2, 0.25) is 0 Å². The number of nitro groups is 1. The summed E-state index contributed by atoms with van der Waals surface area (Å²) in [5, 5.41) is 17.5. The summed E-state index contributed by atoms with van der Waals surface area (Å²) in [7, 11) is 0. The summed E-state index contributed by atoms with van der Waals surface area (Å²) in [6.07, 6.45) is 2.76. The number of hydrogen-bond donors (Lipinski definition) is 1. The van der Waals surface area contributed by atoms with Crippen LogP contribution in [0, 0.1) is 10.1 Å². The Labute approximate surface area is 188 Å². The van der Waals surface area contributed by atoms with E-state index >= 15 is 0 Å². The van der Waals surface area contributed by atoms with Gasteiger partial charge in [-0.15, -0.1) is 0 Å². The Morgan fingerprint density at radius 3 is 2.06 bits per heavy atom. The number of esters is 2. The Hall–Kier alpha value is -4.54. The van der Waals surface area contributed by atoms with E-state index in [9.17, 15) is 24.5 Å². The monoisotopic (exact) mass is 452 g/mol. The highest BCUT2D eigenvalue weighted by molar-refractivity contribution is 6.05. The molecule has 1 heterocycles. The van der Waals surface area contributed by atoms with E-state index in [0.717, 1.165) is 0 Å². The number of non-ortho nitro benzene ring substituents is 1. The fraction of sp³-hybridized carbons (Fsp3) is 0.182. The second-order valence-electron chi connectivity index (χ2n) is 6.64. The molecule has 0 fully saturated rings. The molecule has 2 aromatic carbocycles. The van der Waals surface area contributed by atoms with Crippen molar-refractivity contribution in [3.63, 3.8) is 0 Å². The minimum absolute atomic E-state index is 0.0669. The van der Waals surface area contributed by atoms with Crippen LogP contribution in [0.1, 0.15) is 44.9 Å². The van der Waals surface area contributed by atoms with Gasteiger partial charge in [0.1, 0.15) is 0 Å². The SMILES string of the molecule is CCOC(=O)c1cc(NC(=O)c2cnn(-c3ccc([N+](=O)[O-])cc3)c2)cc(C(=O)OCC)c1. The molecule has 0 aliphatic heterocycles. The standard InChI is InChI=1S/C22H20N4O7/c1-3-32-21(28)14-9-15(22(29)33-4-2)11-17(10-14)24-20(27)16-12-23-25(13-16)18-5-7-19(8-6-18)26(30)31/h5-13H,3-4H2,1-2H3,(H,24,27). The summed E-state index contributed by atoms with van der Waals surface area (Å²) >= 11 is 0. The molecule has 0 saturated carbocycles. The van der Waals surface area contributed by atoms with Gasteiger partial charge in [-0.2, -0.15) is 5.10 Å². The first kappa shape index (κ1) is 23.1. The molecule has 0 unspecified atom stereocenters. The number of benzene rings is 2. The Morgan fingerprint density at radius 2 is 1.55 bits per heavy atom. The Morgan fingerprint density at radius 1 is 0.970 bits per heavy atom. The lowest BCUT2D eigenvalue weighted by molar-refractivity contribution is -0.384. The first-order chi connectivity index (χ1) is 15.8. The summed E-state index contributed by atoms with van der Waals surface area (Å²) in [6, 6.07) is 9.77. The number of ether oxygens (including phenoxy) is 2. The number of amides is 1. The number of nitrogens with zero attached hydrogens (tertiary/aromatic N) is 3. The maximum atomic E-state index is 12.7. The predicted octanol–water partition coefficient (Wildman–Crippen LogP) is 3.39. The smallest absolute Gasteiger partial charge is 0.338 e. The van der Waals surface area contributed by atoms with Gasteiger partial charge in [-0.3, -0.25) is 14.9 Å². The molecule has 0 aliphatic rings. The minimum Gasteiger partial charge on any atom is -0.462 e. The van der Waals surface area contributed by atoms with Crippen LogP contribution in [0.2, 0.25) is 0 Å². The second kappa shape index (κ2) is 10.2. The zero-order valence-electron chi connectivity index (χ0n) is 17.8. The number of anilines is 1. The number of hydrogen-bond acceptors (Lipinski definition) is 8. The summed E-state index contributed by atoms with van der Waals surface area (Å²) in [4.78, 5) is 47.3. The van der Waals surface area contributed by atoms with Crippen molar-refractivity contribution in [2.45, 2.75) is 13.8 Å². The van der Waals surface area contributed by atoms with E-state index in [1.807, 2.05) is 0 Å². The molecular formula is C22H20N4O7. The molecule has 33 heavy (non-hydrogen) atoms. The van der Waals surface area contributed by atoms with Crippen LogP contribution in [-0.4, -0.2) is 45.8 Å². The third kappa shape index (κ3) is 5.58. The van der Waals surface area contributed by atoms with E-state index in [1.165, 1.54) is 59.5 Å². The minimum atomic E-state index is -0.648. The zero-order chi connectivity index (χ0) is 24.0. The van der Waals surface area contributed by atoms with Gasteiger partial charge < -0.3 is 14.8 Å². The first-order valence-corrected chi connectivity index (χ1v) is 9.92. The summed E-state index contributed by atoms with van der Waals surface area (Å²) in [5.41, 5.74) is 0.999. The van der Waals surface area contributed by atoms with Crippen molar-refractivity contribution in [1.29, 1.82) is 0 Å². The fourth-order valence-corrected chi connectivity index (χ4v) is 2.88. The normalized spacial score (nSPS) is 10.4. The molecule has 0 bridgehead atoms. The number of rotatable bonds is 8. The molecule has 0 spiro atoms. The number of carbonyl (C=O) groups is 3. The maximum Gasteiger partial charge on any atom is 0.338 e. The third-order valence-corrected chi connectivity index (χ3v) is 4.38. The van der Waals surface area contributed by atoms with Crippen molar-refractivity contribution in [1.82, 2.24) is 9.78 Å². The van der Waals surface area contributed by atoms with Crippen molar-refractivity contribution >= 4 is 29.2 Å². The van der Waals surface area contributed by atoms with Gasteiger partial charge in [-0.05, 0) is 44.2 Å². The molecule has 0 atom stereocenters. The van der Waals surface area contributed by atoms with Crippen LogP contribution in [0.5, 0.6) is 0 Å². The molecule has 11 heteroatoms. The lowest BCUT2D eigenvalue weighted by atomic mass is 10.1. The maximum absolute atomic E-state index is 12.7. The lowest BCUT2D eigenvalue weighted by Gasteiger charge is -2.10. The van der Waals surface area contributed by atoms with Gasteiger partial charge >= 0.3 is 11.9 Å². The van der Waals surface area contributed by atoms with Crippen molar-refractivity contribution in [3.8, 4) is 5.69 Å². The average Bonchev–Trinajstić information content (AvgIpc) is 3.30. The molecule has 1 N–H and O–H groups in total. The van der Waals surface area contributed by atoms with Crippen LogP contribution in [0.3, 0.4) is 0 Å². The number of aromatic nitrogens is 2. The molecule has 3 rings (SSSR count). The van der Waals surface area contributed by atoms with Crippen LogP contribution in [0.15, 0.2) is 54.9 Å². The molecule has 0 radical (unpaired) electrons. The van der Waals surface area contributed by atoms with Gasteiger partial charge in [0.25, 0.3) is 11.6 Å². The van der Waals surface area contributed by atoms with Crippen LogP contribution < -0.4 is 5.32 Å². The Balaban J connectivity index is 1.83. The van der Waals surface area contributed by atoms with Crippen molar-refractivity contribution in [2.24, 2.45) is 0 Å². The highest BCUT2D eigenvalue weighted by Gasteiger charge is 2.17. The van der Waals surface area contributed by atoms with Crippen LogP contribution in [0.25, 0.3) is 5.69 Å². The van der Waals surface area contributed by atoms with Crippen molar-refractivity contribution in [3.05, 3.63) is 81.7 Å². The van der Waals surface area contributed by atoms with E-state index in [0.29, 0.717) is 5.69 Å². The highest BCUT2D eigenvalue weighted by atomic mass is 16.6. The summed E-state index contributed by atoms with van der Waals surface area (Å²) in [6.45, 7) is 3.59. The summed E-state index contributed by atoms with van der Waals surface area (Å²) in [5.74, 6) is -1.84. The van der Waals surface area contributed by atoms with E-state index in [1.54, 1.807) is 13.8 Å². The second-order valence-corrected chi connectivity index (χ2v) is 6.64. The Bertz CT molecular complexity index is 1170. The molecule has 1 aromatic heterocycles. The van der Waals surface area contributed by atoms with E-state index in [-0.39, 0.29) is 41.3 Å². The highest BCUT2D eigenvalue weighted by Crippen LogP contribution is 2.19. The largest absolute Gasteiger partial charge is 0.462 e. The molecular weight excluding hydrogens is 432 g/mol.